The molecule has 0 unspecified atom stereocenters. The lowest BCUT2D eigenvalue weighted by atomic mass is 10.0. The number of nitrogens with zero attached hydrogens (tertiary/aromatic N) is 2. The van der Waals surface area contributed by atoms with Crippen LogP contribution in [0.4, 0.5) is 0 Å². The van der Waals surface area contributed by atoms with Crippen molar-refractivity contribution in [3.63, 3.8) is 0 Å². The minimum Gasteiger partial charge on any atom is -0.431 e. The number of Topliss-reactive ketones (excluding diaryl/α,β-unsaturated/α-hetero) is 1. The zero-order valence-electron chi connectivity index (χ0n) is 16.4. The summed E-state index contributed by atoms with van der Waals surface area (Å²) < 4.78 is 31.4. The number of aromatic nitrogens is 1. The zero-order chi connectivity index (χ0) is 20.6. The first-order valence-corrected chi connectivity index (χ1v) is 11.0. The van der Waals surface area contributed by atoms with Gasteiger partial charge in [-0.3, -0.25) is 4.79 Å². The van der Waals surface area contributed by atoms with E-state index in [2.05, 4.69) is 4.98 Å². The lowest BCUT2D eigenvalue weighted by Gasteiger charge is -2.10. The number of benzene rings is 2. The molecule has 6 nitrogen and oxygen atoms in total. The van der Waals surface area contributed by atoms with Crippen LogP contribution in [-0.2, 0) is 10.0 Å². The van der Waals surface area contributed by atoms with Crippen molar-refractivity contribution in [1.29, 1.82) is 0 Å². The molecule has 1 atom stereocenters. The second-order valence-corrected chi connectivity index (χ2v) is 10.3. The van der Waals surface area contributed by atoms with Gasteiger partial charge in [-0.1, -0.05) is 23.9 Å². The van der Waals surface area contributed by atoms with E-state index in [4.69, 9.17) is 4.42 Å². The minimum atomic E-state index is -3.55. The molecular weight excluding hydrogens is 396 g/mol. The van der Waals surface area contributed by atoms with Crippen LogP contribution in [0.1, 0.15) is 28.4 Å². The van der Waals surface area contributed by atoms with Gasteiger partial charge in [0.2, 0.25) is 10.0 Å². The van der Waals surface area contributed by atoms with Crippen molar-refractivity contribution in [2.24, 2.45) is 0 Å². The average molecular weight is 419 g/mol. The van der Waals surface area contributed by atoms with Gasteiger partial charge in [-0.15, -0.1) is 0 Å². The Balaban J connectivity index is 1.84. The number of fused-ring (bicyclic) bond motifs is 1. The molecule has 148 valence electrons. The van der Waals surface area contributed by atoms with Crippen molar-refractivity contribution in [1.82, 2.24) is 9.29 Å². The Hall–Kier alpha value is -2.16. The van der Waals surface area contributed by atoms with Gasteiger partial charge >= 0.3 is 0 Å². The van der Waals surface area contributed by atoms with Crippen LogP contribution >= 0.6 is 11.8 Å². The third-order valence-electron chi connectivity index (χ3n) is 4.56. The lowest BCUT2D eigenvalue weighted by molar-refractivity contribution is 0.0993. The molecule has 0 bridgehead atoms. The second kappa shape index (κ2) is 7.69. The van der Waals surface area contributed by atoms with Gasteiger partial charge in [0.05, 0.1) is 10.1 Å². The first kappa shape index (κ1) is 20.6. The summed E-state index contributed by atoms with van der Waals surface area (Å²) in [6, 6.07) is 10.2. The Morgan fingerprint density at radius 3 is 2.46 bits per heavy atom. The zero-order valence-corrected chi connectivity index (χ0v) is 18.0. The summed E-state index contributed by atoms with van der Waals surface area (Å²) in [7, 11) is -0.597. The van der Waals surface area contributed by atoms with E-state index in [0.29, 0.717) is 21.9 Å². The third-order valence-corrected chi connectivity index (χ3v) is 7.31. The van der Waals surface area contributed by atoms with E-state index in [1.54, 1.807) is 13.0 Å². The van der Waals surface area contributed by atoms with Crippen LogP contribution in [0.25, 0.3) is 11.1 Å². The highest BCUT2D eigenvalue weighted by Gasteiger charge is 2.22. The summed E-state index contributed by atoms with van der Waals surface area (Å²) >= 11 is 1.21. The fraction of sp³-hybridized carbons (Fsp3) is 0.300. The van der Waals surface area contributed by atoms with E-state index in [9.17, 15) is 13.2 Å². The number of ketones is 1. The van der Waals surface area contributed by atoms with Gasteiger partial charge < -0.3 is 4.42 Å². The molecule has 0 aliphatic heterocycles. The van der Waals surface area contributed by atoms with Gasteiger partial charge in [0.1, 0.15) is 5.52 Å². The highest BCUT2D eigenvalue weighted by molar-refractivity contribution is 8.00. The summed E-state index contributed by atoms with van der Waals surface area (Å²) in [5.74, 6) is -0.00812. The van der Waals surface area contributed by atoms with Crippen molar-refractivity contribution in [2.75, 3.05) is 14.1 Å². The highest BCUT2D eigenvalue weighted by atomic mass is 32.2. The predicted molar refractivity (Wildman–Crippen MR) is 110 cm³/mol. The monoisotopic (exact) mass is 418 g/mol. The molecule has 2 aromatic carbocycles. The van der Waals surface area contributed by atoms with Crippen molar-refractivity contribution in [2.45, 2.75) is 36.1 Å². The Labute approximate surface area is 169 Å². The summed E-state index contributed by atoms with van der Waals surface area (Å²) in [4.78, 5) is 17.2. The van der Waals surface area contributed by atoms with E-state index in [1.165, 1.54) is 38.0 Å². The smallest absolute Gasteiger partial charge is 0.257 e. The quantitative estimate of drug-likeness (QED) is 0.444. The molecular formula is C20H22N2O4S2. The first-order valence-electron chi connectivity index (χ1n) is 8.71. The predicted octanol–water partition coefficient (Wildman–Crippen LogP) is 4.06. The number of thioether (sulfide) groups is 1. The minimum absolute atomic E-state index is 0.00812. The molecule has 1 heterocycles. The van der Waals surface area contributed by atoms with Crippen LogP contribution in [0.3, 0.4) is 0 Å². The lowest BCUT2D eigenvalue weighted by Crippen LogP contribution is -2.22. The van der Waals surface area contributed by atoms with E-state index < -0.39 is 10.0 Å². The molecule has 0 aliphatic rings. The summed E-state index contributed by atoms with van der Waals surface area (Å²) in [6.45, 7) is 5.79. The Bertz CT molecular complexity index is 1150. The number of aryl methyl sites for hydroxylation is 2. The fourth-order valence-corrected chi connectivity index (χ4v) is 4.40. The normalized spacial score (nSPS) is 13.2. The number of carbonyl (C=O) groups excluding carboxylic acids is 1. The van der Waals surface area contributed by atoms with E-state index in [-0.39, 0.29) is 15.9 Å². The standard InChI is InChI=1S/C20H22N2O4S2/c1-12-6-7-15(10-13(12)2)19(23)14(3)27-20-21-17-11-16(8-9-18(17)26-20)28(24,25)22(4)5/h6-11,14H,1-5H3/t14-/m1/s1. The van der Waals surface area contributed by atoms with E-state index in [1.807, 2.05) is 32.0 Å². The topological polar surface area (TPSA) is 80.5 Å². The fourth-order valence-electron chi connectivity index (χ4n) is 2.64. The molecule has 0 amide bonds. The maximum Gasteiger partial charge on any atom is 0.257 e. The maximum absolute atomic E-state index is 12.7. The van der Waals surface area contributed by atoms with Crippen LogP contribution in [0.15, 0.2) is 50.9 Å². The summed E-state index contributed by atoms with van der Waals surface area (Å²) in [5, 5.41) is -0.0563. The van der Waals surface area contributed by atoms with Gasteiger partial charge in [0, 0.05) is 19.7 Å². The highest BCUT2D eigenvalue weighted by Crippen LogP contribution is 2.30. The molecule has 3 rings (SSSR count). The van der Waals surface area contributed by atoms with E-state index >= 15 is 0 Å². The molecule has 0 radical (unpaired) electrons. The number of hydrogen-bond donors (Lipinski definition) is 0. The molecule has 3 aromatic rings. The van der Waals surface area contributed by atoms with Gasteiger partial charge in [-0.05, 0) is 56.2 Å². The summed E-state index contributed by atoms with van der Waals surface area (Å²) in [5.41, 5.74) is 3.78. The number of rotatable bonds is 6. The van der Waals surface area contributed by atoms with Crippen molar-refractivity contribution < 1.29 is 17.6 Å². The van der Waals surface area contributed by atoms with Gasteiger partial charge in [0.15, 0.2) is 11.4 Å². The molecule has 0 aliphatic carbocycles. The van der Waals surface area contributed by atoms with Gasteiger partial charge in [0.25, 0.3) is 5.22 Å². The number of oxazole rings is 1. The average Bonchev–Trinajstić information content (AvgIpc) is 3.04. The van der Waals surface area contributed by atoms with Crippen molar-refractivity contribution in [3.05, 3.63) is 53.1 Å². The summed E-state index contributed by atoms with van der Waals surface area (Å²) in [6.07, 6.45) is 0. The van der Waals surface area contributed by atoms with E-state index in [0.717, 1.165) is 15.4 Å². The van der Waals surface area contributed by atoms with Crippen molar-refractivity contribution >= 4 is 38.7 Å². The molecule has 28 heavy (non-hydrogen) atoms. The SMILES string of the molecule is Cc1ccc(C(=O)[C@@H](C)Sc2nc3cc(S(=O)(=O)N(C)C)ccc3o2)cc1C. The maximum atomic E-state index is 12.7. The molecule has 0 N–H and O–H groups in total. The van der Waals surface area contributed by atoms with Crippen LogP contribution < -0.4 is 0 Å². The molecule has 0 spiro atoms. The molecule has 0 saturated carbocycles. The third kappa shape index (κ3) is 3.99. The Kier molecular flexibility index (Phi) is 5.65. The number of carbonyl (C=O) groups is 1. The number of sulfonamides is 1. The van der Waals surface area contributed by atoms with Crippen LogP contribution in [0.2, 0.25) is 0 Å². The Morgan fingerprint density at radius 1 is 1.11 bits per heavy atom. The Morgan fingerprint density at radius 2 is 1.82 bits per heavy atom. The second-order valence-electron chi connectivity index (χ2n) is 6.82. The van der Waals surface area contributed by atoms with Crippen LogP contribution in [-0.4, -0.2) is 42.8 Å². The van der Waals surface area contributed by atoms with Gasteiger partial charge in [-0.2, -0.15) is 0 Å². The number of hydrogen-bond acceptors (Lipinski definition) is 6. The van der Waals surface area contributed by atoms with Gasteiger partial charge in [-0.25, -0.2) is 17.7 Å². The molecule has 0 fully saturated rings. The molecule has 8 heteroatoms. The van der Waals surface area contributed by atoms with Crippen molar-refractivity contribution in [3.8, 4) is 0 Å². The molecule has 0 saturated heterocycles. The largest absolute Gasteiger partial charge is 0.431 e. The molecule has 1 aromatic heterocycles. The van der Waals surface area contributed by atoms with Crippen LogP contribution in [0.5, 0.6) is 0 Å². The van der Waals surface area contributed by atoms with Crippen LogP contribution in [0, 0.1) is 13.8 Å². The first-order chi connectivity index (χ1) is 13.1.